The van der Waals surface area contributed by atoms with Crippen molar-refractivity contribution in [3.8, 4) is 0 Å². The molecule has 3 aromatic rings. The van der Waals surface area contributed by atoms with Crippen LogP contribution in [0.25, 0.3) is 0 Å². The maximum atomic E-state index is 13.2. The molecule has 0 saturated carbocycles. The SMILES string of the molecule is CN(Cc1ccoc1)Cc1ccc2n(c1=O)C[C@H]1C[C@@H]2CN(c2cc(=O)[nH]cn2)C1. The van der Waals surface area contributed by atoms with Crippen LogP contribution in [0.5, 0.6) is 0 Å². The van der Waals surface area contributed by atoms with Gasteiger partial charge in [0.15, 0.2) is 0 Å². The van der Waals surface area contributed by atoms with Crippen LogP contribution in [-0.4, -0.2) is 39.6 Å². The van der Waals surface area contributed by atoms with Crippen LogP contribution in [0.2, 0.25) is 0 Å². The number of hydrogen-bond acceptors (Lipinski definition) is 6. The van der Waals surface area contributed by atoms with Crippen molar-refractivity contribution >= 4 is 5.82 Å². The molecule has 0 aromatic carbocycles. The lowest BCUT2D eigenvalue weighted by Crippen LogP contribution is -2.48. The third kappa shape index (κ3) is 3.59. The Hall–Kier alpha value is -3.13. The number of piperidine rings is 1. The lowest BCUT2D eigenvalue weighted by Gasteiger charge is -2.43. The van der Waals surface area contributed by atoms with Gasteiger partial charge in [0.1, 0.15) is 5.82 Å². The summed E-state index contributed by atoms with van der Waals surface area (Å²) >= 11 is 0. The van der Waals surface area contributed by atoms with Gasteiger partial charge in [0.25, 0.3) is 11.1 Å². The average molecular weight is 407 g/mol. The monoisotopic (exact) mass is 407 g/mol. The van der Waals surface area contributed by atoms with E-state index in [1.54, 1.807) is 18.6 Å². The van der Waals surface area contributed by atoms with Gasteiger partial charge in [0.2, 0.25) is 0 Å². The highest BCUT2D eigenvalue weighted by Crippen LogP contribution is 2.36. The van der Waals surface area contributed by atoms with Crippen molar-refractivity contribution in [2.45, 2.75) is 32.0 Å². The Balaban J connectivity index is 1.37. The molecule has 0 spiro atoms. The van der Waals surface area contributed by atoms with Crippen molar-refractivity contribution in [2.75, 3.05) is 25.0 Å². The molecule has 156 valence electrons. The molecule has 1 saturated heterocycles. The Morgan fingerprint density at radius 2 is 2.10 bits per heavy atom. The van der Waals surface area contributed by atoms with Crippen molar-refractivity contribution in [1.82, 2.24) is 19.4 Å². The molecule has 1 N–H and O–H groups in total. The number of rotatable bonds is 5. The van der Waals surface area contributed by atoms with Crippen LogP contribution in [0.3, 0.4) is 0 Å². The van der Waals surface area contributed by atoms with E-state index in [-0.39, 0.29) is 17.0 Å². The van der Waals surface area contributed by atoms with E-state index in [2.05, 4.69) is 25.8 Å². The highest BCUT2D eigenvalue weighted by atomic mass is 16.3. The molecule has 2 aliphatic heterocycles. The molecule has 0 aliphatic carbocycles. The topological polar surface area (TPSA) is 87.4 Å². The second-order valence-electron chi connectivity index (χ2n) is 8.48. The molecule has 2 bridgehead atoms. The van der Waals surface area contributed by atoms with Gasteiger partial charge in [-0.05, 0) is 31.5 Å². The first-order valence-electron chi connectivity index (χ1n) is 10.3. The molecule has 3 aromatic heterocycles. The lowest BCUT2D eigenvalue weighted by molar-refractivity contribution is 0.276. The Bertz CT molecular complexity index is 1150. The summed E-state index contributed by atoms with van der Waals surface area (Å²) in [6.07, 6.45) is 5.92. The van der Waals surface area contributed by atoms with Crippen molar-refractivity contribution < 1.29 is 4.42 Å². The van der Waals surface area contributed by atoms with Gasteiger partial charge >= 0.3 is 0 Å². The average Bonchev–Trinajstić information content (AvgIpc) is 3.23. The zero-order valence-electron chi connectivity index (χ0n) is 17.0. The highest BCUT2D eigenvalue weighted by molar-refractivity contribution is 5.39. The standard InChI is InChI=1S/C22H25N5O3/c1-25(8-15-4-5-30-13-15)11-17-2-3-19-18-6-16(10-27(19)22(17)29)9-26(12-18)20-7-21(28)24-14-23-20/h2-5,7,13-14,16,18H,6,8-12H2,1H3,(H,23,24,28)/t16-,18+/m0/s1. The molecule has 0 unspecified atom stereocenters. The molecule has 8 heteroatoms. The molecule has 0 amide bonds. The van der Waals surface area contributed by atoms with Crippen molar-refractivity contribution in [2.24, 2.45) is 5.92 Å². The van der Waals surface area contributed by atoms with E-state index in [0.717, 1.165) is 42.9 Å². The Morgan fingerprint density at radius 1 is 1.20 bits per heavy atom. The van der Waals surface area contributed by atoms with E-state index in [1.807, 2.05) is 23.7 Å². The molecular weight excluding hydrogens is 382 g/mol. The van der Waals surface area contributed by atoms with E-state index in [0.29, 0.717) is 24.8 Å². The largest absolute Gasteiger partial charge is 0.472 e. The number of furan rings is 1. The predicted octanol–water partition coefficient (Wildman–Crippen LogP) is 1.78. The maximum Gasteiger partial charge on any atom is 0.255 e. The molecule has 2 aliphatic rings. The normalized spacial score (nSPS) is 20.4. The second kappa shape index (κ2) is 7.60. The number of aromatic nitrogens is 3. The minimum Gasteiger partial charge on any atom is -0.472 e. The first kappa shape index (κ1) is 18.9. The molecule has 0 radical (unpaired) electrons. The number of nitrogens with zero attached hydrogens (tertiary/aromatic N) is 4. The summed E-state index contributed by atoms with van der Waals surface area (Å²) in [5, 5.41) is 0. The molecule has 30 heavy (non-hydrogen) atoms. The van der Waals surface area contributed by atoms with Crippen LogP contribution < -0.4 is 16.0 Å². The van der Waals surface area contributed by atoms with Crippen molar-refractivity contribution in [3.05, 3.63) is 80.6 Å². The van der Waals surface area contributed by atoms with Crippen LogP contribution in [0.15, 0.2) is 57.1 Å². The predicted molar refractivity (Wildman–Crippen MR) is 112 cm³/mol. The van der Waals surface area contributed by atoms with Gasteiger partial charge in [0, 0.05) is 61.5 Å². The van der Waals surface area contributed by atoms with Crippen LogP contribution in [0.1, 0.15) is 29.2 Å². The van der Waals surface area contributed by atoms with Gasteiger partial charge in [-0.1, -0.05) is 6.07 Å². The van der Waals surface area contributed by atoms with Gasteiger partial charge in [-0.25, -0.2) is 4.98 Å². The third-order valence-corrected chi connectivity index (χ3v) is 6.14. The molecule has 1 fully saturated rings. The maximum absolute atomic E-state index is 13.2. The summed E-state index contributed by atoms with van der Waals surface area (Å²) in [5.74, 6) is 1.35. The Kier molecular flexibility index (Phi) is 4.78. The van der Waals surface area contributed by atoms with Crippen LogP contribution >= 0.6 is 0 Å². The van der Waals surface area contributed by atoms with E-state index in [9.17, 15) is 9.59 Å². The Labute approximate surface area is 173 Å². The zero-order chi connectivity index (χ0) is 20.7. The fourth-order valence-electron chi connectivity index (χ4n) is 4.87. The van der Waals surface area contributed by atoms with Crippen LogP contribution in [0.4, 0.5) is 5.82 Å². The van der Waals surface area contributed by atoms with Gasteiger partial charge in [-0.2, -0.15) is 0 Å². The smallest absolute Gasteiger partial charge is 0.255 e. The fraction of sp³-hybridized carbons (Fsp3) is 0.409. The zero-order valence-corrected chi connectivity index (χ0v) is 17.0. The van der Waals surface area contributed by atoms with E-state index in [1.165, 1.54) is 6.33 Å². The first-order valence-corrected chi connectivity index (χ1v) is 10.3. The molecular formula is C22H25N5O3. The van der Waals surface area contributed by atoms with Gasteiger partial charge in [-0.3, -0.25) is 14.5 Å². The van der Waals surface area contributed by atoms with Crippen LogP contribution in [0, 0.1) is 5.92 Å². The number of nitrogens with one attached hydrogen (secondary N) is 1. The van der Waals surface area contributed by atoms with Gasteiger partial charge < -0.3 is 18.9 Å². The minimum atomic E-state index is -0.142. The minimum absolute atomic E-state index is 0.115. The number of fused-ring (bicyclic) bond motifs is 4. The second-order valence-corrected chi connectivity index (χ2v) is 8.48. The third-order valence-electron chi connectivity index (χ3n) is 6.14. The quantitative estimate of drug-likeness (QED) is 0.694. The molecule has 5 rings (SSSR count). The summed E-state index contributed by atoms with van der Waals surface area (Å²) < 4.78 is 7.11. The van der Waals surface area contributed by atoms with E-state index < -0.39 is 0 Å². The van der Waals surface area contributed by atoms with E-state index in [4.69, 9.17) is 4.42 Å². The summed E-state index contributed by atoms with van der Waals surface area (Å²) in [4.78, 5) is 36.1. The molecule has 8 nitrogen and oxygen atoms in total. The number of anilines is 1. The number of H-pyrrole nitrogens is 1. The molecule has 5 heterocycles. The van der Waals surface area contributed by atoms with Gasteiger partial charge in [-0.15, -0.1) is 0 Å². The highest BCUT2D eigenvalue weighted by Gasteiger charge is 2.35. The van der Waals surface area contributed by atoms with Gasteiger partial charge in [0.05, 0.1) is 18.9 Å². The number of hydrogen-bond donors (Lipinski definition) is 1. The van der Waals surface area contributed by atoms with E-state index >= 15 is 0 Å². The summed E-state index contributed by atoms with van der Waals surface area (Å²) in [5.41, 5.74) is 2.98. The summed E-state index contributed by atoms with van der Waals surface area (Å²) in [6, 6.07) is 7.58. The number of pyridine rings is 1. The van der Waals surface area contributed by atoms with Crippen molar-refractivity contribution in [1.29, 1.82) is 0 Å². The van der Waals surface area contributed by atoms with Crippen molar-refractivity contribution in [3.63, 3.8) is 0 Å². The molecule has 2 atom stereocenters. The first-order chi connectivity index (χ1) is 14.6. The number of aromatic amines is 1. The summed E-state index contributed by atoms with van der Waals surface area (Å²) in [6.45, 7) is 3.63. The lowest BCUT2D eigenvalue weighted by atomic mass is 9.83. The summed E-state index contributed by atoms with van der Waals surface area (Å²) in [7, 11) is 2.01. The Morgan fingerprint density at radius 3 is 2.90 bits per heavy atom. The van der Waals surface area contributed by atoms with Crippen LogP contribution in [-0.2, 0) is 19.6 Å². The fourth-order valence-corrected chi connectivity index (χ4v) is 4.87.